The minimum Gasteiger partial charge on any atom is -0.370 e. The van der Waals surface area contributed by atoms with Crippen LogP contribution in [-0.2, 0) is 11.2 Å². The molecule has 7 nitrogen and oxygen atoms in total. The number of allylic oxidation sites excluding steroid dienone is 1. The highest BCUT2D eigenvalue weighted by Gasteiger charge is 2.11. The van der Waals surface area contributed by atoms with Crippen LogP contribution in [0.5, 0.6) is 0 Å². The third kappa shape index (κ3) is 9.74. The van der Waals surface area contributed by atoms with Crippen LogP contribution in [0.2, 0.25) is 5.02 Å². The normalized spacial score (nSPS) is 11.0. The van der Waals surface area contributed by atoms with Gasteiger partial charge < -0.3 is 11.1 Å². The Labute approximate surface area is 227 Å². The molecule has 1 aliphatic rings. The van der Waals surface area contributed by atoms with Gasteiger partial charge in [0.1, 0.15) is 0 Å². The Balaban J connectivity index is 0.000000241. The van der Waals surface area contributed by atoms with Gasteiger partial charge in [-0.1, -0.05) is 36.7 Å². The fourth-order valence-corrected chi connectivity index (χ4v) is 3.76. The number of carbonyl (C=O) groups is 2. The van der Waals surface area contributed by atoms with Crippen LogP contribution in [0.1, 0.15) is 41.3 Å². The van der Waals surface area contributed by atoms with Crippen molar-refractivity contribution in [1.29, 1.82) is 0 Å². The first kappa shape index (κ1) is 29.6. The van der Waals surface area contributed by atoms with Crippen LogP contribution in [-0.4, -0.2) is 36.8 Å². The van der Waals surface area contributed by atoms with Gasteiger partial charge in [0.2, 0.25) is 5.91 Å². The fourth-order valence-electron chi connectivity index (χ4n) is 3.14. The number of benzene rings is 2. The highest BCUT2D eigenvalue weighted by atomic mass is 35.5. The third-order valence-corrected chi connectivity index (χ3v) is 6.35. The minimum absolute atomic E-state index is 0.225. The molecule has 0 radical (unpaired) electrons. The Morgan fingerprint density at radius 1 is 1.22 bits per heavy atom. The van der Waals surface area contributed by atoms with E-state index in [1.54, 1.807) is 36.0 Å². The molecule has 0 unspecified atom stereocenters. The van der Waals surface area contributed by atoms with Gasteiger partial charge in [-0.2, -0.15) is 5.10 Å². The van der Waals surface area contributed by atoms with E-state index in [1.165, 1.54) is 16.7 Å². The molecule has 1 heterocycles. The minimum atomic E-state index is -0.245. The molecular formula is C28H32ClN5O2S. The van der Waals surface area contributed by atoms with Crippen molar-refractivity contribution in [3.05, 3.63) is 88.7 Å². The standard InChI is InChI=1S/C16H13ClN2O.C9H12N2S.C3H7NO/c17-15-10-18-8-7-14(15)16(20)19-13-6-5-11-3-1-2-4-12(11)9-13;1-10-11(2)8-4-6-9(12-3)7-5-8;1-2-3(4)5/h2,4-10H,1,3H2,(H,19,20);4-7H,1H2,2-3H3;2H2,1H3,(H2,4,5). The largest absolute Gasteiger partial charge is 0.370 e. The van der Waals surface area contributed by atoms with Gasteiger partial charge in [0.25, 0.3) is 5.91 Å². The maximum absolute atomic E-state index is 12.2. The van der Waals surface area contributed by atoms with Gasteiger partial charge in [-0.05, 0) is 72.7 Å². The van der Waals surface area contributed by atoms with Crippen molar-refractivity contribution in [3.8, 4) is 0 Å². The topological polar surface area (TPSA) is 101 Å². The first-order valence-corrected chi connectivity index (χ1v) is 13.2. The molecule has 0 saturated heterocycles. The lowest BCUT2D eigenvalue weighted by atomic mass is 9.97. The maximum atomic E-state index is 12.2. The number of pyridine rings is 1. The number of amides is 2. The molecule has 0 aliphatic heterocycles. The van der Waals surface area contributed by atoms with Crippen LogP contribution < -0.4 is 16.1 Å². The Hall–Kier alpha value is -3.62. The Morgan fingerprint density at radius 2 is 1.92 bits per heavy atom. The summed E-state index contributed by atoms with van der Waals surface area (Å²) in [6, 6.07) is 15.8. The number of nitrogens with two attached hydrogens (primary N) is 1. The average molecular weight is 538 g/mol. The van der Waals surface area contributed by atoms with E-state index in [-0.39, 0.29) is 11.8 Å². The van der Waals surface area contributed by atoms with Gasteiger partial charge >= 0.3 is 0 Å². The lowest BCUT2D eigenvalue weighted by molar-refractivity contribution is -0.117. The zero-order chi connectivity index (χ0) is 27.2. The molecule has 3 N–H and O–H groups in total. The van der Waals surface area contributed by atoms with Gasteiger partial charge in [0.05, 0.1) is 16.3 Å². The van der Waals surface area contributed by atoms with E-state index in [0.29, 0.717) is 17.0 Å². The molecule has 1 aliphatic carbocycles. The molecule has 4 rings (SSSR count). The first-order valence-electron chi connectivity index (χ1n) is 11.6. The van der Waals surface area contributed by atoms with Crippen LogP contribution in [0.15, 0.2) is 77.0 Å². The third-order valence-electron chi connectivity index (χ3n) is 5.31. The van der Waals surface area contributed by atoms with E-state index in [9.17, 15) is 9.59 Å². The summed E-state index contributed by atoms with van der Waals surface area (Å²) >= 11 is 7.70. The van der Waals surface area contributed by atoms with E-state index >= 15 is 0 Å². The van der Waals surface area contributed by atoms with Crippen molar-refractivity contribution in [2.75, 3.05) is 23.6 Å². The molecular weight excluding hydrogens is 506 g/mol. The number of rotatable bonds is 6. The Bertz CT molecular complexity index is 1230. The van der Waals surface area contributed by atoms with Crippen molar-refractivity contribution >= 4 is 59.3 Å². The number of hydrogen-bond acceptors (Lipinski definition) is 6. The number of aromatic nitrogens is 1. The van der Waals surface area contributed by atoms with Crippen molar-refractivity contribution < 1.29 is 9.59 Å². The van der Waals surface area contributed by atoms with Crippen molar-refractivity contribution in [1.82, 2.24) is 4.98 Å². The highest BCUT2D eigenvalue weighted by Crippen LogP contribution is 2.24. The monoisotopic (exact) mass is 537 g/mol. The smallest absolute Gasteiger partial charge is 0.257 e. The number of nitrogens with one attached hydrogen (secondary N) is 1. The number of hydrazone groups is 1. The second-order valence-corrected chi connectivity index (χ2v) is 9.13. The van der Waals surface area contributed by atoms with Crippen LogP contribution in [0.25, 0.3) is 6.08 Å². The molecule has 9 heteroatoms. The van der Waals surface area contributed by atoms with E-state index in [0.717, 1.165) is 29.8 Å². The molecule has 1 aromatic heterocycles. The molecule has 194 valence electrons. The molecule has 37 heavy (non-hydrogen) atoms. The van der Waals surface area contributed by atoms with Gasteiger partial charge in [0, 0.05) is 43.2 Å². The molecule has 0 bridgehead atoms. The quantitative estimate of drug-likeness (QED) is 0.219. The predicted octanol–water partition coefficient (Wildman–Crippen LogP) is 6.29. The van der Waals surface area contributed by atoms with E-state index in [2.05, 4.69) is 64.5 Å². The van der Waals surface area contributed by atoms with E-state index in [1.807, 2.05) is 31.3 Å². The van der Waals surface area contributed by atoms with Gasteiger partial charge in [0.15, 0.2) is 0 Å². The van der Waals surface area contributed by atoms with Gasteiger partial charge in [-0.15, -0.1) is 11.8 Å². The zero-order valence-electron chi connectivity index (χ0n) is 21.3. The summed E-state index contributed by atoms with van der Waals surface area (Å²) in [5.41, 5.74) is 9.38. The molecule has 3 aromatic rings. The number of anilines is 2. The lowest BCUT2D eigenvalue weighted by Crippen LogP contribution is -2.13. The van der Waals surface area contributed by atoms with E-state index < -0.39 is 0 Å². The number of fused-ring (bicyclic) bond motifs is 1. The summed E-state index contributed by atoms with van der Waals surface area (Å²) in [5.74, 6) is -0.470. The SMILES string of the molecule is C=NN(C)c1ccc(SC)cc1.CCC(N)=O.O=C(Nc1ccc2c(c1)C=CCC2)c1ccncc1Cl. The highest BCUT2D eigenvalue weighted by molar-refractivity contribution is 7.98. The Morgan fingerprint density at radius 3 is 2.51 bits per heavy atom. The van der Waals surface area contributed by atoms with Crippen molar-refractivity contribution in [2.45, 2.75) is 31.1 Å². The number of thioether (sulfide) groups is 1. The summed E-state index contributed by atoms with van der Waals surface area (Å²) in [7, 11) is 1.88. The molecule has 0 spiro atoms. The second kappa shape index (κ2) is 15.5. The summed E-state index contributed by atoms with van der Waals surface area (Å²) in [5, 5.41) is 8.74. The van der Waals surface area contributed by atoms with Crippen molar-refractivity contribution in [2.24, 2.45) is 10.8 Å². The fraction of sp³-hybridized carbons (Fsp3) is 0.214. The zero-order valence-corrected chi connectivity index (χ0v) is 22.9. The predicted molar refractivity (Wildman–Crippen MR) is 157 cm³/mol. The lowest BCUT2D eigenvalue weighted by Gasteiger charge is -2.13. The maximum Gasteiger partial charge on any atom is 0.257 e. The van der Waals surface area contributed by atoms with Gasteiger partial charge in [-0.25, -0.2) is 0 Å². The van der Waals surface area contributed by atoms with Gasteiger partial charge in [-0.3, -0.25) is 19.6 Å². The number of primary amides is 1. The van der Waals surface area contributed by atoms with Crippen LogP contribution >= 0.6 is 23.4 Å². The van der Waals surface area contributed by atoms with Crippen LogP contribution in [0, 0.1) is 0 Å². The number of carbonyl (C=O) groups excluding carboxylic acids is 2. The second-order valence-electron chi connectivity index (χ2n) is 7.85. The number of nitrogens with zero attached hydrogens (tertiary/aromatic N) is 3. The summed E-state index contributed by atoms with van der Waals surface area (Å²) in [6.45, 7) is 5.17. The molecule has 0 atom stereocenters. The summed E-state index contributed by atoms with van der Waals surface area (Å²) in [4.78, 5) is 26.9. The van der Waals surface area contributed by atoms with Crippen LogP contribution in [0.3, 0.4) is 0 Å². The molecule has 0 fully saturated rings. The molecule has 2 amide bonds. The molecule has 2 aromatic carbocycles. The summed E-state index contributed by atoms with van der Waals surface area (Å²) in [6.07, 6.45) is 11.9. The average Bonchev–Trinajstić information content (AvgIpc) is 2.93. The molecule has 0 saturated carbocycles. The van der Waals surface area contributed by atoms with E-state index in [4.69, 9.17) is 11.6 Å². The van der Waals surface area contributed by atoms with Crippen LogP contribution in [0.4, 0.5) is 11.4 Å². The first-order chi connectivity index (χ1) is 17.8. The Kier molecular flexibility index (Phi) is 12.4. The number of aryl methyl sites for hydroxylation is 1. The number of hydrogen-bond donors (Lipinski definition) is 2. The number of halogens is 1. The summed E-state index contributed by atoms with van der Waals surface area (Å²) < 4.78 is 0. The van der Waals surface area contributed by atoms with Crippen molar-refractivity contribution in [3.63, 3.8) is 0 Å².